The number of methoxy groups -OCH3 is 2. The number of ether oxygens (including phenoxy) is 2. The molecular weight excluding hydrogens is 700 g/mol. The van der Waals surface area contributed by atoms with E-state index in [-0.39, 0.29) is 23.3 Å². The second-order valence-corrected chi connectivity index (χ2v) is 14.5. The number of pyridine rings is 1. The van der Waals surface area contributed by atoms with Gasteiger partial charge in [-0.1, -0.05) is 17.7 Å². The predicted octanol–water partition coefficient (Wildman–Crippen LogP) is 3.34. The average Bonchev–Trinajstić information content (AvgIpc) is 3.66. The predicted molar refractivity (Wildman–Crippen MR) is 201 cm³/mol. The lowest BCUT2D eigenvalue weighted by atomic mass is 9.89. The molecule has 3 aliphatic heterocycles. The van der Waals surface area contributed by atoms with Crippen LogP contribution in [0, 0.1) is 0 Å². The molecule has 2 aromatic heterocycles. The summed E-state index contributed by atoms with van der Waals surface area (Å²) in [5.74, 6) is 1.29. The van der Waals surface area contributed by atoms with Crippen molar-refractivity contribution in [3.8, 4) is 22.6 Å². The van der Waals surface area contributed by atoms with Crippen molar-refractivity contribution >= 4 is 45.9 Å². The molecule has 14 nitrogen and oxygen atoms in total. The number of nitrogens with one attached hydrogen (secondary N) is 3. The molecule has 0 radical (unpaired) electrons. The summed E-state index contributed by atoms with van der Waals surface area (Å²) in [6.07, 6.45) is 6.05. The van der Waals surface area contributed by atoms with Gasteiger partial charge in [-0.15, -0.1) is 0 Å². The summed E-state index contributed by atoms with van der Waals surface area (Å²) in [5.41, 5.74) is 4.75. The number of hydrogen-bond acceptors (Lipinski definition) is 10. The molecule has 3 N–H and O–H groups in total. The largest absolute Gasteiger partial charge is 0.496 e. The second kappa shape index (κ2) is 15.6. The Labute approximate surface area is 312 Å². The fourth-order valence-electron chi connectivity index (χ4n) is 7.69. The first-order valence-electron chi connectivity index (χ1n) is 18.0. The lowest BCUT2D eigenvalue weighted by Gasteiger charge is -2.37. The van der Waals surface area contributed by atoms with Crippen LogP contribution in [0.5, 0.6) is 11.5 Å². The number of H-pyrrole nitrogens is 1. The number of hydrogen-bond donors (Lipinski definition) is 3. The SMILES string of the molecule is COc1cc(-c2cn(C)c(=O)c3[nH]ncc23)cc(OC)c1CN1CCN(C(=O)CN2CCC(c3ccc(NC4CCC(=O)NC4=O)c(Cl)c3)CC2)CC1. The minimum absolute atomic E-state index is 0.146. The minimum atomic E-state index is -0.486. The highest BCUT2D eigenvalue weighted by atomic mass is 35.5. The van der Waals surface area contributed by atoms with Crippen LogP contribution in [-0.4, -0.2) is 113 Å². The first-order chi connectivity index (χ1) is 25.6. The molecule has 1 unspecified atom stereocenters. The van der Waals surface area contributed by atoms with Crippen molar-refractivity contribution in [3.05, 3.63) is 69.2 Å². The molecule has 1 atom stereocenters. The van der Waals surface area contributed by atoms with E-state index in [1.165, 1.54) is 4.57 Å². The number of fused-ring (bicyclic) bond motifs is 1. The van der Waals surface area contributed by atoms with Crippen LogP contribution in [0.4, 0.5) is 5.69 Å². The number of halogens is 1. The van der Waals surface area contributed by atoms with Gasteiger partial charge in [0.25, 0.3) is 5.56 Å². The van der Waals surface area contributed by atoms with Gasteiger partial charge in [0.1, 0.15) is 23.1 Å². The van der Waals surface area contributed by atoms with Gasteiger partial charge in [0.15, 0.2) is 0 Å². The first-order valence-corrected chi connectivity index (χ1v) is 18.4. The maximum Gasteiger partial charge on any atom is 0.276 e. The number of carbonyl (C=O) groups is 3. The molecule has 280 valence electrons. The van der Waals surface area contributed by atoms with E-state index in [0.29, 0.717) is 72.7 Å². The van der Waals surface area contributed by atoms with Crippen LogP contribution in [0.1, 0.15) is 42.7 Å². The normalized spacial score (nSPS) is 19.0. The number of carbonyl (C=O) groups excluding carboxylic acids is 3. The summed E-state index contributed by atoms with van der Waals surface area (Å²) >= 11 is 6.62. The summed E-state index contributed by atoms with van der Waals surface area (Å²) in [6, 6.07) is 9.38. The van der Waals surface area contributed by atoms with E-state index in [9.17, 15) is 19.2 Å². The molecule has 3 saturated heterocycles. The van der Waals surface area contributed by atoms with E-state index in [4.69, 9.17) is 21.1 Å². The fourth-order valence-corrected chi connectivity index (χ4v) is 7.94. The Kier molecular flexibility index (Phi) is 10.7. The number of piperazine rings is 1. The van der Waals surface area contributed by atoms with Gasteiger partial charge in [-0.2, -0.15) is 5.10 Å². The number of aryl methyl sites for hydroxylation is 1. The van der Waals surface area contributed by atoms with Gasteiger partial charge in [-0.3, -0.25) is 39.4 Å². The van der Waals surface area contributed by atoms with E-state index in [1.807, 2.05) is 29.2 Å². The highest BCUT2D eigenvalue weighted by Gasteiger charge is 2.29. The van der Waals surface area contributed by atoms with Crippen LogP contribution in [0.2, 0.25) is 5.02 Å². The van der Waals surface area contributed by atoms with Crippen molar-refractivity contribution in [2.24, 2.45) is 7.05 Å². The van der Waals surface area contributed by atoms with Crippen LogP contribution < -0.4 is 25.7 Å². The Balaban J connectivity index is 0.908. The van der Waals surface area contributed by atoms with Crippen LogP contribution in [0.25, 0.3) is 22.0 Å². The van der Waals surface area contributed by atoms with Crippen molar-refractivity contribution in [1.29, 1.82) is 0 Å². The zero-order chi connectivity index (χ0) is 37.2. The summed E-state index contributed by atoms with van der Waals surface area (Å²) < 4.78 is 13.3. The Morgan fingerprint density at radius 1 is 0.962 bits per heavy atom. The number of aromatic amines is 1. The fraction of sp³-hybridized carbons (Fsp3) is 0.447. The number of amides is 3. The lowest BCUT2D eigenvalue weighted by Crippen LogP contribution is -2.51. The van der Waals surface area contributed by atoms with Gasteiger partial charge in [0, 0.05) is 63.3 Å². The Bertz CT molecular complexity index is 2060. The highest BCUT2D eigenvalue weighted by molar-refractivity contribution is 6.33. The standard InChI is InChI=1S/C38H45ClN8O6/c1-44-20-27(26-19-40-43-36(26)38(44)51)25-17-32(52-2)28(33(18-25)53-3)21-46-12-14-47(15-13-46)35(49)22-45-10-8-23(9-11-45)24-4-5-30(29(39)16-24)41-31-6-7-34(48)42-37(31)50/h4-5,16-20,23,31,41H,6-15,21-22H2,1-3H3,(H,40,43)(H,42,48,50). The molecule has 0 saturated carbocycles. The van der Waals surface area contributed by atoms with Gasteiger partial charge in [0.2, 0.25) is 17.7 Å². The molecule has 2 aromatic carbocycles. The molecule has 4 aromatic rings. The highest BCUT2D eigenvalue weighted by Crippen LogP contribution is 2.38. The van der Waals surface area contributed by atoms with E-state index in [1.54, 1.807) is 33.7 Å². The minimum Gasteiger partial charge on any atom is -0.496 e. The molecule has 15 heteroatoms. The molecule has 5 heterocycles. The molecule has 0 spiro atoms. The molecule has 7 rings (SSSR count). The number of aromatic nitrogens is 3. The number of benzene rings is 2. The third-order valence-electron chi connectivity index (χ3n) is 10.8. The number of nitrogens with zero attached hydrogens (tertiary/aromatic N) is 5. The van der Waals surface area contributed by atoms with Gasteiger partial charge >= 0.3 is 0 Å². The molecule has 3 aliphatic rings. The number of imide groups is 1. The van der Waals surface area contributed by atoms with Crippen LogP contribution in [0.3, 0.4) is 0 Å². The van der Waals surface area contributed by atoms with Crippen LogP contribution in [0.15, 0.2) is 47.5 Å². The van der Waals surface area contributed by atoms with Crippen LogP contribution >= 0.6 is 11.6 Å². The number of likely N-dealkylation sites (tertiary alicyclic amines) is 1. The number of rotatable bonds is 10. The van der Waals surface area contributed by atoms with E-state index in [2.05, 4.69) is 36.7 Å². The van der Waals surface area contributed by atoms with Crippen LogP contribution in [-0.2, 0) is 28.0 Å². The summed E-state index contributed by atoms with van der Waals surface area (Å²) in [5, 5.41) is 13.7. The van der Waals surface area contributed by atoms with Crippen molar-refractivity contribution in [2.75, 3.05) is 65.3 Å². The summed E-state index contributed by atoms with van der Waals surface area (Å²) in [7, 11) is 5.00. The van der Waals surface area contributed by atoms with Crippen molar-refractivity contribution in [3.63, 3.8) is 0 Å². The van der Waals surface area contributed by atoms with E-state index in [0.717, 1.165) is 66.7 Å². The maximum absolute atomic E-state index is 13.4. The zero-order valence-corrected chi connectivity index (χ0v) is 31.0. The molecule has 0 aliphatic carbocycles. The first kappa shape index (κ1) is 36.4. The van der Waals surface area contributed by atoms with Crippen molar-refractivity contribution in [1.82, 2.24) is 34.8 Å². The van der Waals surface area contributed by atoms with Crippen molar-refractivity contribution < 1.29 is 23.9 Å². The van der Waals surface area contributed by atoms with Gasteiger partial charge in [-0.25, -0.2) is 0 Å². The molecule has 3 fully saturated rings. The smallest absolute Gasteiger partial charge is 0.276 e. The van der Waals surface area contributed by atoms with E-state index >= 15 is 0 Å². The molecular formula is C38H45ClN8O6. The summed E-state index contributed by atoms with van der Waals surface area (Å²) in [6.45, 7) is 5.41. The van der Waals surface area contributed by atoms with Gasteiger partial charge in [-0.05, 0) is 73.7 Å². The van der Waals surface area contributed by atoms with Gasteiger partial charge < -0.3 is 24.3 Å². The maximum atomic E-state index is 13.4. The second-order valence-electron chi connectivity index (χ2n) is 14.1. The molecule has 0 bridgehead atoms. The van der Waals surface area contributed by atoms with Crippen molar-refractivity contribution in [2.45, 2.75) is 44.2 Å². The monoisotopic (exact) mass is 744 g/mol. The third-order valence-corrected chi connectivity index (χ3v) is 11.1. The number of piperidine rings is 2. The Morgan fingerprint density at radius 2 is 1.68 bits per heavy atom. The van der Waals surface area contributed by atoms with Gasteiger partial charge in [0.05, 0.1) is 43.2 Å². The lowest BCUT2D eigenvalue weighted by molar-refractivity contribution is -0.135. The van der Waals surface area contributed by atoms with E-state index < -0.39 is 6.04 Å². The topological polar surface area (TPSA) is 154 Å². The third kappa shape index (κ3) is 7.75. The zero-order valence-electron chi connectivity index (χ0n) is 30.2. The average molecular weight is 745 g/mol. The molecule has 3 amide bonds. The number of anilines is 1. The Morgan fingerprint density at radius 3 is 2.34 bits per heavy atom. The Hall–Kier alpha value is -4.92. The quantitative estimate of drug-likeness (QED) is 0.206. The summed E-state index contributed by atoms with van der Waals surface area (Å²) in [4.78, 5) is 56.1. The molecule has 53 heavy (non-hydrogen) atoms.